The molecule has 2 rings (SSSR count). The predicted octanol–water partition coefficient (Wildman–Crippen LogP) is 2.97. The summed E-state index contributed by atoms with van der Waals surface area (Å²) in [7, 11) is 2.89. The summed E-state index contributed by atoms with van der Waals surface area (Å²) < 4.78 is 15.1. The van der Waals surface area contributed by atoms with Crippen molar-refractivity contribution in [2.24, 2.45) is 0 Å². The van der Waals surface area contributed by atoms with Crippen molar-refractivity contribution in [1.29, 1.82) is 0 Å². The van der Waals surface area contributed by atoms with Crippen LogP contribution in [0.15, 0.2) is 35.5 Å². The van der Waals surface area contributed by atoms with Gasteiger partial charge in [-0.05, 0) is 43.3 Å². The molecule has 0 saturated carbocycles. The lowest BCUT2D eigenvalue weighted by Gasteiger charge is -2.37. The highest BCUT2D eigenvalue weighted by atomic mass is 32.1. The molecule has 8 heteroatoms. The average molecular weight is 421 g/mol. The number of allylic oxidation sites excluding steroid dienone is 1. The normalized spacial score (nSPS) is 16.5. The van der Waals surface area contributed by atoms with Crippen molar-refractivity contribution in [3.63, 3.8) is 0 Å². The fourth-order valence-corrected chi connectivity index (χ4v) is 3.45. The largest absolute Gasteiger partial charge is 0.465 e. The van der Waals surface area contributed by atoms with E-state index in [1.807, 2.05) is 11.8 Å². The van der Waals surface area contributed by atoms with Crippen molar-refractivity contribution in [3.8, 4) is 0 Å². The van der Waals surface area contributed by atoms with Crippen LogP contribution in [0.5, 0.6) is 0 Å². The third-order valence-electron chi connectivity index (χ3n) is 4.74. The van der Waals surface area contributed by atoms with Crippen molar-refractivity contribution in [2.75, 3.05) is 34.0 Å². The number of benzene rings is 1. The van der Waals surface area contributed by atoms with Gasteiger partial charge < -0.3 is 24.4 Å². The molecule has 1 aromatic rings. The summed E-state index contributed by atoms with van der Waals surface area (Å²) >= 11 is 5.56. The third kappa shape index (κ3) is 5.55. The highest BCUT2D eigenvalue weighted by Gasteiger charge is 2.34. The van der Waals surface area contributed by atoms with Crippen LogP contribution in [-0.2, 0) is 19.0 Å². The molecule has 7 nitrogen and oxygen atoms in total. The summed E-state index contributed by atoms with van der Waals surface area (Å²) in [5, 5.41) is 3.82. The van der Waals surface area contributed by atoms with Crippen LogP contribution in [0.1, 0.15) is 48.7 Å². The van der Waals surface area contributed by atoms with Crippen molar-refractivity contribution in [2.45, 2.75) is 32.7 Å². The lowest BCUT2D eigenvalue weighted by atomic mass is 9.94. The average Bonchev–Trinajstić information content (AvgIpc) is 2.72. The Balaban J connectivity index is 2.39. The number of rotatable bonds is 9. The van der Waals surface area contributed by atoms with E-state index in [0.29, 0.717) is 22.9 Å². The zero-order chi connectivity index (χ0) is 21.4. The molecule has 0 bridgehead atoms. The maximum Gasteiger partial charge on any atom is 0.338 e. The Kier molecular flexibility index (Phi) is 8.60. The number of carbonyl (C=O) groups excluding carboxylic acids is 2. The Bertz CT molecular complexity index is 776. The smallest absolute Gasteiger partial charge is 0.338 e. The van der Waals surface area contributed by atoms with E-state index >= 15 is 0 Å². The van der Waals surface area contributed by atoms with Crippen molar-refractivity contribution >= 4 is 29.3 Å². The molecule has 1 heterocycles. The Morgan fingerprint density at radius 2 is 1.83 bits per heavy atom. The first kappa shape index (κ1) is 22.8. The molecule has 0 amide bonds. The number of nitrogens with one attached hydrogen (secondary N) is 1. The molecule has 0 aromatic heterocycles. The van der Waals surface area contributed by atoms with Gasteiger partial charge in [-0.15, -0.1) is 0 Å². The number of carbonyl (C=O) groups is 2. The molecule has 1 aliphatic heterocycles. The van der Waals surface area contributed by atoms with E-state index in [4.69, 9.17) is 26.4 Å². The highest BCUT2D eigenvalue weighted by molar-refractivity contribution is 7.80. The molecule has 1 aliphatic rings. The van der Waals surface area contributed by atoms with E-state index in [1.165, 1.54) is 7.11 Å². The standard InChI is InChI=1S/C21H28N2O5S/c1-5-6-11-23-14(2)17(20(25)28-13-12-26-3)18(22-21(23)29)15-7-9-16(10-8-15)19(24)27-4/h7-10,18H,5-6,11-13H2,1-4H3,(H,22,29)/t18-/m1/s1. The minimum Gasteiger partial charge on any atom is -0.465 e. The Morgan fingerprint density at radius 1 is 1.14 bits per heavy atom. The molecular weight excluding hydrogens is 392 g/mol. The molecule has 1 aromatic carbocycles. The minimum atomic E-state index is -0.470. The zero-order valence-corrected chi connectivity index (χ0v) is 18.1. The van der Waals surface area contributed by atoms with Crippen molar-refractivity contribution in [1.82, 2.24) is 10.2 Å². The molecule has 0 saturated heterocycles. The van der Waals surface area contributed by atoms with Gasteiger partial charge in [0.2, 0.25) is 0 Å². The van der Waals surface area contributed by atoms with Crippen molar-refractivity contribution in [3.05, 3.63) is 46.7 Å². The minimum absolute atomic E-state index is 0.166. The Morgan fingerprint density at radius 3 is 2.41 bits per heavy atom. The molecule has 158 valence electrons. The lowest BCUT2D eigenvalue weighted by Crippen LogP contribution is -2.48. The summed E-state index contributed by atoms with van der Waals surface area (Å²) in [5.41, 5.74) is 2.50. The first-order chi connectivity index (χ1) is 13.9. The first-order valence-corrected chi connectivity index (χ1v) is 9.98. The summed E-state index contributed by atoms with van der Waals surface area (Å²) in [4.78, 5) is 26.5. The number of thiocarbonyl (C=S) groups is 1. The molecule has 29 heavy (non-hydrogen) atoms. The molecule has 0 radical (unpaired) electrons. The summed E-state index contributed by atoms with van der Waals surface area (Å²) in [6.07, 6.45) is 1.96. The van der Waals surface area contributed by atoms with Crippen LogP contribution in [-0.4, -0.2) is 55.9 Å². The van der Waals surface area contributed by atoms with Crippen LogP contribution in [0.2, 0.25) is 0 Å². The third-order valence-corrected chi connectivity index (χ3v) is 5.08. The van der Waals surface area contributed by atoms with E-state index in [1.54, 1.807) is 31.4 Å². The zero-order valence-electron chi connectivity index (χ0n) is 17.3. The fourth-order valence-electron chi connectivity index (χ4n) is 3.11. The summed E-state index contributed by atoms with van der Waals surface area (Å²) in [6.45, 7) is 5.19. The van der Waals surface area contributed by atoms with Gasteiger partial charge >= 0.3 is 11.9 Å². The number of methoxy groups -OCH3 is 2. The van der Waals surface area contributed by atoms with E-state index in [0.717, 1.165) is 30.6 Å². The molecule has 0 fully saturated rings. The first-order valence-electron chi connectivity index (χ1n) is 9.57. The summed E-state index contributed by atoms with van der Waals surface area (Å²) in [6, 6.07) is 6.42. The van der Waals surface area contributed by atoms with Crippen LogP contribution in [0.4, 0.5) is 0 Å². The van der Waals surface area contributed by atoms with Gasteiger partial charge in [0, 0.05) is 19.4 Å². The highest BCUT2D eigenvalue weighted by Crippen LogP contribution is 2.31. The molecule has 0 unspecified atom stereocenters. The second-order valence-electron chi connectivity index (χ2n) is 6.63. The van der Waals surface area contributed by atoms with Gasteiger partial charge in [-0.1, -0.05) is 25.5 Å². The van der Waals surface area contributed by atoms with E-state index in [9.17, 15) is 9.59 Å². The van der Waals surface area contributed by atoms with Crippen molar-refractivity contribution < 1.29 is 23.8 Å². The molecule has 1 N–H and O–H groups in total. The van der Waals surface area contributed by atoms with Crippen LogP contribution < -0.4 is 5.32 Å². The predicted molar refractivity (Wildman–Crippen MR) is 113 cm³/mol. The van der Waals surface area contributed by atoms with Crippen LogP contribution in [0.25, 0.3) is 0 Å². The quantitative estimate of drug-likeness (QED) is 0.371. The Labute approximate surface area is 177 Å². The number of hydrogen-bond acceptors (Lipinski definition) is 6. The molecule has 0 spiro atoms. The van der Waals surface area contributed by atoms with E-state index < -0.39 is 18.0 Å². The van der Waals surface area contributed by atoms with Gasteiger partial charge in [0.15, 0.2) is 5.11 Å². The maximum absolute atomic E-state index is 12.9. The van der Waals surface area contributed by atoms with Gasteiger partial charge in [0.25, 0.3) is 0 Å². The van der Waals surface area contributed by atoms with Gasteiger partial charge in [-0.25, -0.2) is 9.59 Å². The van der Waals surface area contributed by atoms with E-state index in [-0.39, 0.29) is 6.61 Å². The Hall–Kier alpha value is -2.45. The SMILES string of the molecule is CCCCN1C(=S)N[C@H](c2ccc(C(=O)OC)cc2)C(C(=O)OCCOC)=C1C. The topological polar surface area (TPSA) is 77.1 Å². The number of nitrogens with zero attached hydrogens (tertiary/aromatic N) is 1. The van der Waals surface area contributed by atoms with Gasteiger partial charge in [-0.2, -0.15) is 0 Å². The number of hydrogen-bond donors (Lipinski definition) is 1. The van der Waals surface area contributed by atoms with Crippen LogP contribution >= 0.6 is 12.2 Å². The molecular formula is C21H28N2O5S. The molecule has 0 aliphatic carbocycles. The summed E-state index contributed by atoms with van der Waals surface area (Å²) in [5.74, 6) is -0.835. The fraction of sp³-hybridized carbons (Fsp3) is 0.476. The van der Waals surface area contributed by atoms with Crippen LogP contribution in [0, 0.1) is 0 Å². The van der Waals surface area contributed by atoms with Crippen LogP contribution in [0.3, 0.4) is 0 Å². The van der Waals surface area contributed by atoms with Gasteiger partial charge in [0.1, 0.15) is 6.61 Å². The number of unbranched alkanes of at least 4 members (excludes halogenated alkanes) is 1. The number of esters is 2. The van der Waals surface area contributed by atoms with E-state index in [2.05, 4.69) is 12.2 Å². The van der Waals surface area contributed by atoms with Gasteiger partial charge in [-0.3, -0.25) is 0 Å². The molecule has 1 atom stereocenters. The monoisotopic (exact) mass is 420 g/mol. The lowest BCUT2D eigenvalue weighted by molar-refractivity contribution is -0.140. The van der Waals surface area contributed by atoms with Gasteiger partial charge in [0.05, 0.1) is 30.9 Å². The second kappa shape index (κ2) is 10.9. The second-order valence-corrected chi connectivity index (χ2v) is 7.02. The maximum atomic E-state index is 12.9. The number of ether oxygens (including phenoxy) is 3.